The second kappa shape index (κ2) is 9.87. The van der Waals surface area contributed by atoms with E-state index in [1.807, 2.05) is 0 Å². The number of hydrogen-bond donors (Lipinski definition) is 3. The van der Waals surface area contributed by atoms with Crippen molar-refractivity contribution >= 4 is 22.5 Å². The van der Waals surface area contributed by atoms with E-state index in [0.717, 1.165) is 19.3 Å². The SMILES string of the molecule is CCCCCCCCCCC(=O)Nc1c(O)c2ccccc2[nH]c1=O. The van der Waals surface area contributed by atoms with Crippen LogP contribution >= 0.6 is 0 Å². The first-order valence-electron chi connectivity index (χ1n) is 9.27. The highest BCUT2D eigenvalue weighted by molar-refractivity contribution is 5.97. The first kappa shape index (κ1) is 19.0. The van der Waals surface area contributed by atoms with Crippen molar-refractivity contribution in [1.82, 2.24) is 4.98 Å². The Bertz CT molecular complexity index is 752. The number of aromatic nitrogens is 1. The van der Waals surface area contributed by atoms with Gasteiger partial charge < -0.3 is 15.4 Å². The Morgan fingerprint density at radius 1 is 1.04 bits per heavy atom. The summed E-state index contributed by atoms with van der Waals surface area (Å²) in [5.74, 6) is -0.411. The third-order valence-electron chi connectivity index (χ3n) is 4.42. The van der Waals surface area contributed by atoms with Gasteiger partial charge in [0.05, 0.1) is 5.52 Å². The molecule has 136 valence electrons. The van der Waals surface area contributed by atoms with Gasteiger partial charge in [0.1, 0.15) is 5.69 Å². The van der Waals surface area contributed by atoms with Crippen LogP contribution in [-0.2, 0) is 4.79 Å². The number of H-pyrrole nitrogens is 1. The Balaban J connectivity index is 1.81. The Labute approximate surface area is 148 Å². The van der Waals surface area contributed by atoms with Crippen molar-refractivity contribution in [3.63, 3.8) is 0 Å². The number of para-hydroxylation sites is 1. The van der Waals surface area contributed by atoms with Gasteiger partial charge in [0.25, 0.3) is 5.56 Å². The molecule has 0 aliphatic heterocycles. The van der Waals surface area contributed by atoms with Crippen LogP contribution in [0.5, 0.6) is 5.75 Å². The molecule has 0 bridgehead atoms. The van der Waals surface area contributed by atoms with Crippen LogP contribution in [0.1, 0.15) is 64.7 Å². The Kier molecular flexibility index (Phi) is 7.51. The van der Waals surface area contributed by atoms with Crippen molar-refractivity contribution in [3.05, 3.63) is 34.6 Å². The van der Waals surface area contributed by atoms with E-state index in [2.05, 4.69) is 17.2 Å². The van der Waals surface area contributed by atoms with Crippen LogP contribution in [0.25, 0.3) is 10.9 Å². The molecule has 0 spiro atoms. The molecule has 2 aromatic rings. The quantitative estimate of drug-likeness (QED) is 0.546. The van der Waals surface area contributed by atoms with Crippen LogP contribution in [0, 0.1) is 0 Å². The number of nitrogens with one attached hydrogen (secondary N) is 2. The molecular weight excluding hydrogens is 316 g/mol. The smallest absolute Gasteiger partial charge is 0.276 e. The zero-order valence-electron chi connectivity index (χ0n) is 14.9. The topological polar surface area (TPSA) is 82.2 Å². The lowest BCUT2D eigenvalue weighted by Gasteiger charge is -2.09. The monoisotopic (exact) mass is 344 g/mol. The van der Waals surface area contributed by atoms with Crippen LogP contribution < -0.4 is 10.9 Å². The zero-order valence-corrected chi connectivity index (χ0v) is 14.9. The third-order valence-corrected chi connectivity index (χ3v) is 4.42. The third kappa shape index (κ3) is 5.62. The predicted molar refractivity (Wildman–Crippen MR) is 102 cm³/mol. The van der Waals surface area contributed by atoms with Crippen LogP contribution in [-0.4, -0.2) is 16.0 Å². The molecule has 0 fully saturated rings. The number of amides is 1. The number of pyridine rings is 1. The van der Waals surface area contributed by atoms with Gasteiger partial charge in [-0.15, -0.1) is 0 Å². The first-order valence-corrected chi connectivity index (χ1v) is 9.27. The highest BCUT2D eigenvalue weighted by Crippen LogP contribution is 2.28. The molecule has 0 radical (unpaired) electrons. The number of aromatic hydroxyl groups is 1. The van der Waals surface area contributed by atoms with Crippen LogP contribution in [0.15, 0.2) is 29.1 Å². The average molecular weight is 344 g/mol. The number of hydrogen-bond acceptors (Lipinski definition) is 3. The van der Waals surface area contributed by atoms with Gasteiger partial charge in [-0.3, -0.25) is 9.59 Å². The summed E-state index contributed by atoms with van der Waals surface area (Å²) in [6.07, 6.45) is 9.63. The molecular formula is C20H28N2O3. The molecule has 0 aliphatic rings. The number of benzene rings is 1. The molecule has 0 saturated carbocycles. The molecule has 5 nitrogen and oxygen atoms in total. The maximum Gasteiger partial charge on any atom is 0.276 e. The highest BCUT2D eigenvalue weighted by atomic mass is 16.3. The van der Waals surface area contributed by atoms with E-state index in [-0.39, 0.29) is 17.3 Å². The number of anilines is 1. The van der Waals surface area contributed by atoms with Crippen molar-refractivity contribution in [2.75, 3.05) is 5.32 Å². The summed E-state index contributed by atoms with van der Waals surface area (Å²) in [4.78, 5) is 26.8. The summed E-state index contributed by atoms with van der Waals surface area (Å²) in [7, 11) is 0. The number of rotatable bonds is 10. The molecule has 1 aromatic heterocycles. The average Bonchev–Trinajstić information content (AvgIpc) is 2.61. The lowest BCUT2D eigenvalue weighted by Crippen LogP contribution is -2.19. The molecule has 0 unspecified atom stereocenters. The number of carbonyl (C=O) groups is 1. The van der Waals surface area contributed by atoms with Crippen LogP contribution in [0.4, 0.5) is 5.69 Å². The molecule has 0 atom stereocenters. The number of carbonyl (C=O) groups excluding carboxylic acids is 1. The van der Waals surface area contributed by atoms with E-state index in [1.54, 1.807) is 24.3 Å². The van der Waals surface area contributed by atoms with Gasteiger partial charge in [0.15, 0.2) is 5.75 Å². The second-order valence-corrected chi connectivity index (χ2v) is 6.50. The minimum Gasteiger partial charge on any atom is -0.505 e. The first-order chi connectivity index (χ1) is 12.1. The van der Waals surface area contributed by atoms with Gasteiger partial charge in [-0.05, 0) is 18.6 Å². The van der Waals surface area contributed by atoms with Crippen LogP contribution in [0.2, 0.25) is 0 Å². The normalized spacial score (nSPS) is 10.9. The molecule has 3 N–H and O–H groups in total. The van der Waals surface area contributed by atoms with E-state index in [1.165, 1.54) is 32.1 Å². The predicted octanol–water partition coefficient (Wildman–Crippen LogP) is 4.70. The number of aromatic amines is 1. The van der Waals surface area contributed by atoms with Crippen molar-refractivity contribution in [2.45, 2.75) is 64.7 Å². The van der Waals surface area contributed by atoms with Gasteiger partial charge in [-0.25, -0.2) is 0 Å². The minimum atomic E-state index is -0.486. The summed E-state index contributed by atoms with van der Waals surface area (Å²) in [5, 5.41) is 13.3. The van der Waals surface area contributed by atoms with E-state index in [4.69, 9.17) is 0 Å². The van der Waals surface area contributed by atoms with Gasteiger partial charge in [-0.1, -0.05) is 64.0 Å². The van der Waals surface area contributed by atoms with Gasteiger partial charge in [0, 0.05) is 11.8 Å². The van der Waals surface area contributed by atoms with Crippen molar-refractivity contribution in [3.8, 4) is 5.75 Å². The summed E-state index contributed by atoms with van der Waals surface area (Å²) in [5.41, 5.74) is -0.00480. The van der Waals surface area contributed by atoms with Crippen molar-refractivity contribution < 1.29 is 9.90 Å². The Morgan fingerprint density at radius 3 is 2.40 bits per heavy atom. The summed E-state index contributed by atoms with van der Waals surface area (Å²) in [6.45, 7) is 2.21. The maximum absolute atomic E-state index is 12.1. The van der Waals surface area contributed by atoms with Crippen molar-refractivity contribution in [1.29, 1.82) is 0 Å². The molecule has 1 aromatic carbocycles. The summed E-state index contributed by atoms with van der Waals surface area (Å²) < 4.78 is 0. The fraction of sp³-hybridized carbons (Fsp3) is 0.500. The molecule has 1 amide bonds. The van der Waals surface area contributed by atoms with E-state index < -0.39 is 5.56 Å². The minimum absolute atomic E-state index is 0.0664. The summed E-state index contributed by atoms with van der Waals surface area (Å²) in [6, 6.07) is 6.96. The molecule has 25 heavy (non-hydrogen) atoms. The molecule has 0 saturated heterocycles. The van der Waals surface area contributed by atoms with Gasteiger partial charge in [0.2, 0.25) is 5.91 Å². The largest absolute Gasteiger partial charge is 0.505 e. The highest BCUT2D eigenvalue weighted by Gasteiger charge is 2.14. The van der Waals surface area contributed by atoms with Crippen LogP contribution in [0.3, 0.4) is 0 Å². The lowest BCUT2D eigenvalue weighted by atomic mass is 10.1. The van der Waals surface area contributed by atoms with E-state index in [9.17, 15) is 14.7 Å². The Morgan fingerprint density at radius 2 is 1.68 bits per heavy atom. The number of unbranched alkanes of at least 4 members (excludes halogenated alkanes) is 7. The van der Waals surface area contributed by atoms with Gasteiger partial charge in [-0.2, -0.15) is 0 Å². The standard InChI is InChI=1S/C20H28N2O3/c1-2-3-4-5-6-7-8-9-14-17(23)22-18-19(24)15-12-10-11-13-16(15)21-20(18)25/h10-13H,2-9,14H2,1H3,(H,22,23)(H2,21,24,25). The maximum atomic E-state index is 12.1. The van der Waals surface area contributed by atoms with E-state index in [0.29, 0.717) is 17.3 Å². The van der Waals surface area contributed by atoms with Crippen molar-refractivity contribution in [2.24, 2.45) is 0 Å². The summed E-state index contributed by atoms with van der Waals surface area (Å²) >= 11 is 0. The fourth-order valence-corrected chi connectivity index (χ4v) is 2.96. The molecule has 5 heteroatoms. The zero-order chi connectivity index (χ0) is 18.1. The number of fused-ring (bicyclic) bond motifs is 1. The molecule has 0 aliphatic carbocycles. The van der Waals surface area contributed by atoms with Gasteiger partial charge >= 0.3 is 0 Å². The second-order valence-electron chi connectivity index (χ2n) is 6.50. The lowest BCUT2D eigenvalue weighted by molar-refractivity contribution is -0.116. The fourth-order valence-electron chi connectivity index (χ4n) is 2.96. The Hall–Kier alpha value is -2.30. The molecule has 1 heterocycles. The molecule has 2 rings (SSSR count). The van der Waals surface area contributed by atoms with E-state index >= 15 is 0 Å².